The molecular weight excluding hydrogens is 511 g/mol. The topological polar surface area (TPSA) is 62.4 Å². The molecule has 4 aromatic heterocycles. The van der Waals surface area contributed by atoms with Crippen molar-refractivity contribution in [2.45, 2.75) is 0 Å². The second kappa shape index (κ2) is 6.77. The summed E-state index contributed by atoms with van der Waals surface area (Å²) in [5.41, 5.74) is 13.5. The summed E-state index contributed by atoms with van der Waals surface area (Å²) in [6.07, 6.45) is 0. The lowest BCUT2D eigenvalue weighted by atomic mass is 9.38. The number of hydrogen-bond donors (Lipinski definition) is 0. The van der Waals surface area contributed by atoms with Crippen molar-refractivity contribution >= 4 is 89.8 Å². The molecule has 190 valence electrons. The summed E-state index contributed by atoms with van der Waals surface area (Å²) in [7, 11) is 0. The van der Waals surface area contributed by atoms with E-state index < -0.39 is 0 Å². The van der Waals surface area contributed by atoms with Gasteiger partial charge < -0.3 is 26.8 Å². The third kappa shape index (κ3) is 2.27. The predicted molar refractivity (Wildman–Crippen MR) is 161 cm³/mol. The summed E-state index contributed by atoms with van der Waals surface area (Å²) in [5.74, 6) is 0. The van der Waals surface area contributed by atoms with Crippen LogP contribution in [0.3, 0.4) is 0 Å². The van der Waals surface area contributed by atoms with E-state index in [0.717, 1.165) is 94.5 Å². The number of para-hydroxylation sites is 6. The van der Waals surface area contributed by atoms with Gasteiger partial charge >= 0.3 is 6.71 Å². The van der Waals surface area contributed by atoms with Crippen LogP contribution in [0.5, 0.6) is 0 Å². The highest BCUT2D eigenvalue weighted by Gasteiger charge is 2.47. The standard InChI is InChI=1S/C34H17BN2O4/c1-5-13-22-18(9-1)29-33(40-22)35-28-31-26(38-24-15-7-3-11-20(24)36(29)31)17-27-32(28)37(21-12-4-8-16-25(21)39-27)30-19-10-2-6-14-23(19)41-34(30)35/h1-17H. The molecule has 2 aliphatic heterocycles. The van der Waals surface area contributed by atoms with Crippen molar-refractivity contribution in [1.82, 2.24) is 9.13 Å². The number of rotatable bonds is 0. The Bertz CT molecular complexity index is 2490. The molecule has 0 N–H and O–H groups in total. The molecule has 0 amide bonds. The number of nitrogens with zero attached hydrogens (tertiary/aromatic N) is 2. The summed E-state index contributed by atoms with van der Waals surface area (Å²) in [6.45, 7) is -0.293. The Morgan fingerprint density at radius 2 is 0.878 bits per heavy atom. The van der Waals surface area contributed by atoms with E-state index in [2.05, 4.69) is 45.5 Å². The van der Waals surface area contributed by atoms with Gasteiger partial charge in [-0.3, -0.25) is 0 Å². The molecule has 6 heterocycles. The quantitative estimate of drug-likeness (QED) is 0.160. The predicted octanol–water partition coefficient (Wildman–Crippen LogP) is 6.83. The van der Waals surface area contributed by atoms with E-state index in [-0.39, 0.29) is 6.71 Å². The number of benzene rings is 5. The number of fused-ring (bicyclic) bond motifs is 14. The third-order valence-electron chi connectivity index (χ3n) is 8.79. The monoisotopic (exact) mass is 528 g/mol. The fourth-order valence-electron chi connectivity index (χ4n) is 7.26. The Morgan fingerprint density at radius 1 is 0.439 bits per heavy atom. The van der Waals surface area contributed by atoms with Crippen LogP contribution in [-0.2, 0) is 0 Å². The van der Waals surface area contributed by atoms with Gasteiger partial charge in [-0.15, -0.1) is 0 Å². The average molecular weight is 528 g/mol. The fourth-order valence-corrected chi connectivity index (χ4v) is 7.26. The molecule has 0 bridgehead atoms. The Kier molecular flexibility index (Phi) is 3.36. The van der Waals surface area contributed by atoms with Crippen molar-refractivity contribution < 1.29 is 17.7 Å². The SMILES string of the molecule is c1ccc2c3c(oc2c1)B1c2oc4ccccc4c2-n2c4ccccc4oc4cc5oc6ccccc6n-3c5c1c42. The lowest BCUT2D eigenvalue weighted by molar-refractivity contribution is 0.629. The summed E-state index contributed by atoms with van der Waals surface area (Å²) >= 11 is 0. The highest BCUT2D eigenvalue weighted by molar-refractivity contribution is 6.99. The fraction of sp³-hybridized carbons (Fsp3) is 0. The first-order valence-electron chi connectivity index (χ1n) is 13.7. The Morgan fingerprint density at radius 3 is 1.39 bits per heavy atom. The minimum Gasteiger partial charge on any atom is -0.468 e. The molecule has 0 aliphatic carbocycles. The molecule has 0 unspecified atom stereocenters. The molecule has 0 saturated carbocycles. The van der Waals surface area contributed by atoms with E-state index in [9.17, 15) is 0 Å². The largest absolute Gasteiger partial charge is 0.468 e. The van der Waals surface area contributed by atoms with Gasteiger partial charge in [0.1, 0.15) is 22.5 Å². The van der Waals surface area contributed by atoms with Crippen LogP contribution in [0.4, 0.5) is 0 Å². The molecule has 9 aromatic rings. The van der Waals surface area contributed by atoms with Crippen molar-refractivity contribution in [2.24, 2.45) is 0 Å². The van der Waals surface area contributed by atoms with Crippen molar-refractivity contribution in [2.75, 3.05) is 0 Å². The molecule has 0 spiro atoms. The molecule has 0 fully saturated rings. The molecule has 2 aliphatic rings. The van der Waals surface area contributed by atoms with E-state index in [1.807, 2.05) is 66.7 Å². The van der Waals surface area contributed by atoms with Gasteiger partial charge in [-0.1, -0.05) is 48.5 Å². The van der Waals surface area contributed by atoms with Crippen LogP contribution in [0, 0.1) is 0 Å². The summed E-state index contributed by atoms with van der Waals surface area (Å²) < 4.78 is 31.5. The zero-order valence-electron chi connectivity index (χ0n) is 21.4. The first-order valence-corrected chi connectivity index (χ1v) is 13.7. The zero-order chi connectivity index (χ0) is 26.4. The average Bonchev–Trinajstić information content (AvgIpc) is 3.59. The maximum atomic E-state index is 6.80. The van der Waals surface area contributed by atoms with E-state index >= 15 is 0 Å². The first-order chi connectivity index (χ1) is 20.3. The molecule has 0 saturated heterocycles. The molecule has 0 radical (unpaired) electrons. The van der Waals surface area contributed by atoms with Gasteiger partial charge in [0.2, 0.25) is 0 Å². The zero-order valence-corrected chi connectivity index (χ0v) is 21.4. The Labute approximate surface area is 231 Å². The highest BCUT2D eigenvalue weighted by atomic mass is 16.4. The van der Waals surface area contributed by atoms with E-state index in [0.29, 0.717) is 0 Å². The van der Waals surface area contributed by atoms with E-state index in [4.69, 9.17) is 17.7 Å². The van der Waals surface area contributed by atoms with Crippen LogP contribution in [-0.4, -0.2) is 15.8 Å². The van der Waals surface area contributed by atoms with Crippen LogP contribution < -0.4 is 16.8 Å². The minimum absolute atomic E-state index is 0.293. The van der Waals surface area contributed by atoms with Gasteiger partial charge in [-0.05, 0) is 54.0 Å². The van der Waals surface area contributed by atoms with Gasteiger partial charge in [0.25, 0.3) is 0 Å². The molecule has 41 heavy (non-hydrogen) atoms. The van der Waals surface area contributed by atoms with Crippen molar-refractivity contribution in [3.8, 4) is 11.4 Å². The van der Waals surface area contributed by atoms with Crippen molar-refractivity contribution in [3.63, 3.8) is 0 Å². The maximum absolute atomic E-state index is 6.80. The smallest absolute Gasteiger partial charge is 0.342 e. The van der Waals surface area contributed by atoms with Crippen LogP contribution in [0.2, 0.25) is 0 Å². The number of furan rings is 2. The lowest BCUT2D eigenvalue weighted by Gasteiger charge is -2.31. The molecule has 6 nitrogen and oxygen atoms in total. The summed E-state index contributed by atoms with van der Waals surface area (Å²) in [5, 5.41) is 2.10. The molecule has 5 aromatic carbocycles. The normalized spacial score (nSPS) is 13.3. The highest BCUT2D eigenvalue weighted by Crippen LogP contribution is 2.40. The second-order valence-corrected chi connectivity index (χ2v) is 10.8. The van der Waals surface area contributed by atoms with Crippen LogP contribution >= 0.6 is 0 Å². The molecule has 11 rings (SSSR count). The van der Waals surface area contributed by atoms with E-state index in [1.165, 1.54) is 0 Å². The van der Waals surface area contributed by atoms with Crippen molar-refractivity contribution in [1.29, 1.82) is 0 Å². The summed E-state index contributed by atoms with van der Waals surface area (Å²) in [6, 6.07) is 34.9. The van der Waals surface area contributed by atoms with Gasteiger partial charge in [0, 0.05) is 16.8 Å². The summed E-state index contributed by atoms with van der Waals surface area (Å²) in [4.78, 5) is 0. The molecule has 0 atom stereocenters. The van der Waals surface area contributed by atoms with Crippen LogP contribution in [0.15, 0.2) is 121 Å². The number of aromatic nitrogens is 2. The maximum Gasteiger partial charge on any atom is 0.342 e. The Balaban J connectivity index is 1.51. The van der Waals surface area contributed by atoms with Gasteiger partial charge in [0.05, 0.1) is 33.4 Å². The van der Waals surface area contributed by atoms with Gasteiger partial charge in [-0.25, -0.2) is 0 Å². The second-order valence-electron chi connectivity index (χ2n) is 10.8. The van der Waals surface area contributed by atoms with Crippen LogP contribution in [0.1, 0.15) is 0 Å². The van der Waals surface area contributed by atoms with Crippen molar-refractivity contribution in [3.05, 3.63) is 103 Å². The number of hydrogen-bond acceptors (Lipinski definition) is 4. The van der Waals surface area contributed by atoms with Gasteiger partial charge in [0.15, 0.2) is 22.3 Å². The van der Waals surface area contributed by atoms with E-state index in [1.54, 1.807) is 0 Å². The third-order valence-corrected chi connectivity index (χ3v) is 8.79. The Hall–Kier alpha value is -5.56. The minimum atomic E-state index is -0.293. The molecular formula is C34H17BN2O4. The first kappa shape index (κ1) is 20.4. The lowest BCUT2D eigenvalue weighted by Crippen LogP contribution is -2.58. The van der Waals surface area contributed by atoms with Gasteiger partial charge in [-0.2, -0.15) is 0 Å². The van der Waals surface area contributed by atoms with Crippen LogP contribution in [0.25, 0.3) is 77.7 Å². The molecule has 7 heteroatoms.